The molecule has 1 aromatic rings. The summed E-state index contributed by atoms with van der Waals surface area (Å²) in [6, 6.07) is 5.34. The molecule has 5 N–H and O–H groups in total. The topological polar surface area (TPSA) is 72.3 Å². The van der Waals surface area contributed by atoms with Gasteiger partial charge in [-0.05, 0) is 31.5 Å². The Labute approximate surface area is 78.4 Å². The van der Waals surface area contributed by atoms with Gasteiger partial charge in [-0.25, -0.2) is 0 Å². The highest BCUT2D eigenvalue weighted by Gasteiger charge is 2.09. The molecule has 0 unspecified atom stereocenters. The second-order valence-corrected chi connectivity index (χ2v) is 3.25. The van der Waals surface area contributed by atoms with Crippen molar-refractivity contribution >= 4 is 0 Å². The lowest BCUT2D eigenvalue weighted by molar-refractivity contribution is 0.458. The summed E-state index contributed by atoms with van der Waals surface area (Å²) in [5.74, 6) is 0.265. The molecule has 0 amide bonds. The highest BCUT2D eigenvalue weighted by Crippen LogP contribution is 2.25. The van der Waals surface area contributed by atoms with Crippen LogP contribution in [-0.4, -0.2) is 11.7 Å². The van der Waals surface area contributed by atoms with E-state index in [4.69, 9.17) is 11.5 Å². The van der Waals surface area contributed by atoms with Gasteiger partial charge >= 0.3 is 0 Å². The number of phenolic OH excluding ortho intramolecular Hbond substituents is 1. The van der Waals surface area contributed by atoms with Crippen molar-refractivity contribution in [3.05, 3.63) is 29.3 Å². The van der Waals surface area contributed by atoms with Gasteiger partial charge in [-0.15, -0.1) is 0 Å². The van der Waals surface area contributed by atoms with Crippen LogP contribution in [0.4, 0.5) is 0 Å². The minimum atomic E-state index is -0.161. The normalized spacial score (nSPS) is 12.8. The van der Waals surface area contributed by atoms with Gasteiger partial charge in [-0.3, -0.25) is 0 Å². The molecule has 0 aliphatic carbocycles. The number of aromatic hydroxyl groups is 1. The maximum Gasteiger partial charge on any atom is 0.120 e. The van der Waals surface area contributed by atoms with E-state index in [9.17, 15) is 5.11 Å². The fourth-order valence-electron chi connectivity index (χ4n) is 1.30. The molecule has 1 atom stereocenters. The number of benzene rings is 1. The quantitative estimate of drug-likeness (QED) is 0.651. The Morgan fingerprint density at radius 3 is 2.69 bits per heavy atom. The van der Waals surface area contributed by atoms with E-state index in [1.54, 1.807) is 6.07 Å². The van der Waals surface area contributed by atoms with Crippen LogP contribution in [0, 0.1) is 6.92 Å². The molecular weight excluding hydrogens is 164 g/mol. The monoisotopic (exact) mass is 180 g/mol. The van der Waals surface area contributed by atoms with Gasteiger partial charge < -0.3 is 16.6 Å². The third-order valence-electron chi connectivity index (χ3n) is 2.06. The Bertz CT molecular complexity index is 286. The molecule has 0 saturated carbocycles. The molecule has 3 heteroatoms. The largest absolute Gasteiger partial charge is 0.508 e. The lowest BCUT2D eigenvalue weighted by Gasteiger charge is -2.12. The predicted octanol–water partition coefficient (Wildman–Crippen LogP) is 1.05. The van der Waals surface area contributed by atoms with Gasteiger partial charge in [-0.2, -0.15) is 0 Å². The fraction of sp³-hybridized carbons (Fsp3) is 0.400. The molecule has 0 heterocycles. The van der Waals surface area contributed by atoms with Crippen LogP contribution in [0.3, 0.4) is 0 Å². The van der Waals surface area contributed by atoms with E-state index in [1.165, 1.54) is 0 Å². The lowest BCUT2D eigenvalue weighted by atomic mass is 10.0. The summed E-state index contributed by atoms with van der Waals surface area (Å²) in [5.41, 5.74) is 13.0. The van der Waals surface area contributed by atoms with Crippen molar-refractivity contribution in [1.29, 1.82) is 0 Å². The van der Waals surface area contributed by atoms with Crippen molar-refractivity contribution in [1.82, 2.24) is 0 Å². The van der Waals surface area contributed by atoms with Gasteiger partial charge in [-0.1, -0.05) is 12.1 Å². The van der Waals surface area contributed by atoms with Crippen LogP contribution in [0.2, 0.25) is 0 Å². The smallest absolute Gasteiger partial charge is 0.120 e. The van der Waals surface area contributed by atoms with Gasteiger partial charge in [0, 0.05) is 11.6 Å². The highest BCUT2D eigenvalue weighted by atomic mass is 16.3. The summed E-state index contributed by atoms with van der Waals surface area (Å²) in [6.07, 6.45) is 0.691. The third kappa shape index (κ3) is 2.44. The molecule has 0 fully saturated rings. The number of rotatable bonds is 3. The number of phenols is 1. The van der Waals surface area contributed by atoms with E-state index >= 15 is 0 Å². The molecule has 3 nitrogen and oxygen atoms in total. The predicted molar refractivity (Wildman–Crippen MR) is 53.4 cm³/mol. The first-order chi connectivity index (χ1) is 6.15. The average Bonchev–Trinajstić information content (AvgIpc) is 2.04. The molecule has 0 aromatic heterocycles. The summed E-state index contributed by atoms with van der Waals surface area (Å²) in [6.45, 7) is 2.46. The van der Waals surface area contributed by atoms with E-state index in [-0.39, 0.29) is 11.8 Å². The first kappa shape index (κ1) is 10.0. The van der Waals surface area contributed by atoms with Crippen LogP contribution in [0.5, 0.6) is 5.75 Å². The van der Waals surface area contributed by atoms with Crippen LogP contribution in [0.1, 0.15) is 23.6 Å². The molecule has 0 spiro atoms. The van der Waals surface area contributed by atoms with Crippen molar-refractivity contribution in [2.24, 2.45) is 11.5 Å². The van der Waals surface area contributed by atoms with Crippen LogP contribution < -0.4 is 11.5 Å². The van der Waals surface area contributed by atoms with Gasteiger partial charge in [0.1, 0.15) is 5.75 Å². The Balaban J connectivity index is 2.88. The Morgan fingerprint density at radius 1 is 1.46 bits per heavy atom. The fourth-order valence-corrected chi connectivity index (χ4v) is 1.30. The maximum absolute atomic E-state index is 9.57. The Hall–Kier alpha value is -1.06. The van der Waals surface area contributed by atoms with E-state index < -0.39 is 0 Å². The lowest BCUT2D eigenvalue weighted by Crippen LogP contribution is -2.15. The highest BCUT2D eigenvalue weighted by molar-refractivity contribution is 5.37. The molecule has 1 rings (SSSR count). The maximum atomic E-state index is 9.57. The SMILES string of the molecule is Cc1ccc([C@H](N)CCN)c(O)c1. The minimum absolute atomic E-state index is 0.161. The van der Waals surface area contributed by atoms with Gasteiger partial charge in [0.2, 0.25) is 0 Å². The van der Waals surface area contributed by atoms with E-state index in [0.29, 0.717) is 13.0 Å². The standard InChI is InChI=1S/C10H16N2O/c1-7-2-3-8(10(13)6-7)9(12)4-5-11/h2-3,6,9,13H,4-5,11-12H2,1H3/t9-/m1/s1. The molecule has 0 saturated heterocycles. The van der Waals surface area contributed by atoms with Gasteiger partial charge in [0.25, 0.3) is 0 Å². The van der Waals surface area contributed by atoms with Crippen LogP contribution in [0.25, 0.3) is 0 Å². The molecular formula is C10H16N2O. The molecule has 0 bridgehead atoms. The van der Waals surface area contributed by atoms with E-state index in [2.05, 4.69) is 0 Å². The van der Waals surface area contributed by atoms with E-state index in [1.807, 2.05) is 19.1 Å². The number of hydrogen-bond acceptors (Lipinski definition) is 3. The summed E-state index contributed by atoms with van der Waals surface area (Å²) >= 11 is 0. The molecule has 72 valence electrons. The minimum Gasteiger partial charge on any atom is -0.508 e. The Morgan fingerprint density at radius 2 is 2.15 bits per heavy atom. The molecule has 13 heavy (non-hydrogen) atoms. The van der Waals surface area contributed by atoms with Gasteiger partial charge in [0.15, 0.2) is 0 Å². The molecule has 0 aliphatic rings. The molecule has 0 radical (unpaired) electrons. The molecule has 0 aliphatic heterocycles. The first-order valence-corrected chi connectivity index (χ1v) is 4.40. The van der Waals surface area contributed by atoms with Crippen LogP contribution in [0.15, 0.2) is 18.2 Å². The molecule has 1 aromatic carbocycles. The van der Waals surface area contributed by atoms with Crippen molar-refractivity contribution in [2.75, 3.05) is 6.54 Å². The van der Waals surface area contributed by atoms with Crippen LogP contribution in [-0.2, 0) is 0 Å². The zero-order valence-electron chi connectivity index (χ0n) is 7.83. The van der Waals surface area contributed by atoms with E-state index in [0.717, 1.165) is 11.1 Å². The number of hydrogen-bond donors (Lipinski definition) is 3. The average molecular weight is 180 g/mol. The summed E-state index contributed by atoms with van der Waals surface area (Å²) in [5, 5.41) is 9.57. The summed E-state index contributed by atoms with van der Waals surface area (Å²) in [7, 11) is 0. The zero-order chi connectivity index (χ0) is 9.84. The third-order valence-corrected chi connectivity index (χ3v) is 2.06. The van der Waals surface area contributed by atoms with Crippen molar-refractivity contribution in [3.63, 3.8) is 0 Å². The summed E-state index contributed by atoms with van der Waals surface area (Å²) < 4.78 is 0. The zero-order valence-corrected chi connectivity index (χ0v) is 7.83. The summed E-state index contributed by atoms with van der Waals surface area (Å²) in [4.78, 5) is 0. The van der Waals surface area contributed by atoms with Gasteiger partial charge in [0.05, 0.1) is 0 Å². The Kier molecular flexibility index (Phi) is 3.28. The van der Waals surface area contributed by atoms with Crippen LogP contribution >= 0.6 is 0 Å². The van der Waals surface area contributed by atoms with Crippen molar-refractivity contribution in [2.45, 2.75) is 19.4 Å². The number of nitrogens with two attached hydrogens (primary N) is 2. The van der Waals surface area contributed by atoms with Crippen molar-refractivity contribution < 1.29 is 5.11 Å². The number of aryl methyl sites for hydroxylation is 1. The second kappa shape index (κ2) is 4.25. The van der Waals surface area contributed by atoms with Crippen molar-refractivity contribution in [3.8, 4) is 5.75 Å². The second-order valence-electron chi connectivity index (χ2n) is 3.25. The first-order valence-electron chi connectivity index (χ1n) is 4.40.